The molecule has 0 aliphatic heterocycles. The predicted molar refractivity (Wildman–Crippen MR) is 137 cm³/mol. The van der Waals surface area contributed by atoms with E-state index in [9.17, 15) is 4.79 Å². The van der Waals surface area contributed by atoms with Crippen LogP contribution < -0.4 is 24.3 Å². The number of carbonyl (C=O) groups is 1. The van der Waals surface area contributed by atoms with E-state index in [-0.39, 0.29) is 11.5 Å². The number of thioether (sulfide) groups is 1. The van der Waals surface area contributed by atoms with Gasteiger partial charge >= 0.3 is 0 Å². The normalized spacial score (nSPS) is 10.5. The molecule has 180 valence electrons. The van der Waals surface area contributed by atoms with Crippen LogP contribution in [0.4, 0.5) is 10.8 Å². The Morgan fingerprint density at radius 3 is 2.17 bits per heavy atom. The summed E-state index contributed by atoms with van der Waals surface area (Å²) in [5.41, 5.74) is 1.32. The van der Waals surface area contributed by atoms with Crippen molar-refractivity contribution in [3.63, 3.8) is 0 Å². The quantitative estimate of drug-likeness (QED) is 0.191. The first-order chi connectivity index (χ1) is 17.1. The summed E-state index contributed by atoms with van der Waals surface area (Å²) in [6, 6.07) is 20.4. The first kappa shape index (κ1) is 24.4. The molecular weight excluding hydrogens is 486 g/mol. The van der Waals surface area contributed by atoms with Gasteiger partial charge in [-0.05, 0) is 48.5 Å². The smallest absolute Gasteiger partial charge is 0.210 e. The number of hydrogen-bond acceptors (Lipinski definition) is 10. The number of Topliss-reactive ketones (excluding diaryl/α,β-unsaturated/α-hetero) is 1. The lowest BCUT2D eigenvalue weighted by Gasteiger charge is -2.13. The molecule has 0 fully saturated rings. The number of benzene rings is 3. The lowest BCUT2D eigenvalue weighted by molar-refractivity contribution is 0.102. The minimum Gasteiger partial charge on any atom is -0.493 e. The minimum atomic E-state index is -0.0898. The Kier molecular flexibility index (Phi) is 8.07. The van der Waals surface area contributed by atoms with E-state index in [1.165, 1.54) is 44.4 Å². The Balaban J connectivity index is 1.34. The van der Waals surface area contributed by atoms with Gasteiger partial charge in [-0.2, -0.15) is 0 Å². The number of methoxy groups -OCH3 is 3. The molecule has 10 heteroatoms. The highest BCUT2D eigenvalue weighted by Crippen LogP contribution is 2.39. The Morgan fingerprint density at radius 2 is 1.54 bits per heavy atom. The number of ketones is 1. The molecule has 0 spiro atoms. The second-order valence-corrected chi connectivity index (χ2v) is 9.26. The van der Waals surface area contributed by atoms with E-state index in [0.717, 1.165) is 17.2 Å². The molecule has 1 aromatic heterocycles. The number of hydrogen-bond donors (Lipinski definition) is 1. The molecule has 3 aromatic carbocycles. The minimum absolute atomic E-state index is 0.0898. The van der Waals surface area contributed by atoms with Crippen molar-refractivity contribution < 1.29 is 23.7 Å². The molecule has 4 aromatic rings. The highest BCUT2D eigenvalue weighted by Gasteiger charge is 2.18. The van der Waals surface area contributed by atoms with Crippen LogP contribution in [0.5, 0.6) is 28.7 Å². The van der Waals surface area contributed by atoms with Crippen LogP contribution in [0.3, 0.4) is 0 Å². The summed E-state index contributed by atoms with van der Waals surface area (Å²) in [7, 11) is 4.55. The number of aromatic nitrogens is 2. The molecule has 0 aliphatic rings. The molecular formula is C25H23N3O5S2. The van der Waals surface area contributed by atoms with E-state index in [0.29, 0.717) is 32.3 Å². The number of nitrogens with zero attached hydrogens (tertiary/aromatic N) is 2. The van der Waals surface area contributed by atoms with Crippen LogP contribution in [0.15, 0.2) is 71.1 Å². The lowest BCUT2D eigenvalue weighted by Crippen LogP contribution is -2.05. The summed E-state index contributed by atoms with van der Waals surface area (Å²) >= 11 is 2.69. The molecule has 8 nitrogen and oxygen atoms in total. The number of carbonyl (C=O) groups excluding carboxylic acids is 1. The fourth-order valence-corrected chi connectivity index (χ4v) is 4.79. The third-order valence-electron chi connectivity index (χ3n) is 4.80. The van der Waals surface area contributed by atoms with Crippen molar-refractivity contribution in [3.8, 4) is 28.7 Å². The van der Waals surface area contributed by atoms with Gasteiger partial charge in [0.15, 0.2) is 21.6 Å². The van der Waals surface area contributed by atoms with Gasteiger partial charge in [0, 0.05) is 11.3 Å². The van der Waals surface area contributed by atoms with Gasteiger partial charge in [0.2, 0.25) is 10.9 Å². The maximum Gasteiger partial charge on any atom is 0.210 e. The van der Waals surface area contributed by atoms with Crippen LogP contribution in [0, 0.1) is 0 Å². The van der Waals surface area contributed by atoms with E-state index in [1.807, 2.05) is 54.6 Å². The average Bonchev–Trinajstić information content (AvgIpc) is 3.35. The molecule has 1 N–H and O–H groups in total. The Bertz CT molecular complexity index is 1260. The van der Waals surface area contributed by atoms with Crippen LogP contribution in [0.1, 0.15) is 10.4 Å². The van der Waals surface area contributed by atoms with E-state index in [4.69, 9.17) is 18.9 Å². The summed E-state index contributed by atoms with van der Waals surface area (Å²) in [6.07, 6.45) is 0. The number of nitrogens with one attached hydrogen (secondary N) is 1. The van der Waals surface area contributed by atoms with Crippen molar-refractivity contribution in [2.24, 2.45) is 0 Å². The summed E-state index contributed by atoms with van der Waals surface area (Å²) in [5.74, 6) is 2.93. The fourth-order valence-electron chi connectivity index (χ4n) is 3.13. The maximum absolute atomic E-state index is 12.8. The number of rotatable bonds is 11. The largest absolute Gasteiger partial charge is 0.493 e. The Labute approximate surface area is 211 Å². The molecule has 4 rings (SSSR count). The average molecular weight is 510 g/mol. The fraction of sp³-hybridized carbons (Fsp3) is 0.160. The van der Waals surface area contributed by atoms with Crippen molar-refractivity contribution in [1.82, 2.24) is 10.2 Å². The van der Waals surface area contributed by atoms with E-state index < -0.39 is 0 Å². The summed E-state index contributed by atoms with van der Waals surface area (Å²) in [6.45, 7) is 0. The van der Waals surface area contributed by atoms with Crippen LogP contribution in [-0.2, 0) is 0 Å². The molecule has 0 unspecified atom stereocenters. The molecule has 0 saturated heterocycles. The summed E-state index contributed by atoms with van der Waals surface area (Å²) in [4.78, 5) is 12.8. The molecule has 0 saturated carbocycles. The van der Waals surface area contributed by atoms with Crippen molar-refractivity contribution in [2.45, 2.75) is 4.34 Å². The zero-order valence-electron chi connectivity index (χ0n) is 19.3. The van der Waals surface area contributed by atoms with E-state index >= 15 is 0 Å². The van der Waals surface area contributed by atoms with Gasteiger partial charge < -0.3 is 24.3 Å². The Hall–Kier alpha value is -3.76. The van der Waals surface area contributed by atoms with Gasteiger partial charge in [-0.3, -0.25) is 4.79 Å². The van der Waals surface area contributed by atoms with Crippen molar-refractivity contribution in [3.05, 3.63) is 72.3 Å². The van der Waals surface area contributed by atoms with Gasteiger partial charge in [-0.15, -0.1) is 10.2 Å². The van der Waals surface area contributed by atoms with Gasteiger partial charge in [0.05, 0.1) is 27.1 Å². The summed E-state index contributed by atoms with van der Waals surface area (Å²) < 4.78 is 22.5. The second-order valence-electron chi connectivity index (χ2n) is 7.06. The van der Waals surface area contributed by atoms with Crippen LogP contribution in [0.25, 0.3) is 0 Å². The van der Waals surface area contributed by atoms with Crippen LogP contribution >= 0.6 is 23.1 Å². The molecule has 35 heavy (non-hydrogen) atoms. The highest BCUT2D eigenvalue weighted by atomic mass is 32.2. The second kappa shape index (κ2) is 11.6. The standard InChI is InChI=1S/C25H23N3O5S2/c1-30-21-13-16(14-22(31-2)23(21)32-3)20(29)15-34-25-28-27-24(35-25)26-17-9-11-19(12-10-17)33-18-7-5-4-6-8-18/h4-14H,15H2,1-3H3,(H,26,27). The van der Waals surface area contributed by atoms with Gasteiger partial charge in [0.1, 0.15) is 11.5 Å². The molecule has 0 amide bonds. The van der Waals surface area contributed by atoms with Crippen LogP contribution in [-0.4, -0.2) is 43.1 Å². The number of para-hydroxylation sites is 1. The highest BCUT2D eigenvalue weighted by molar-refractivity contribution is 8.01. The van der Waals surface area contributed by atoms with Crippen molar-refractivity contribution >= 4 is 39.7 Å². The first-order valence-electron chi connectivity index (χ1n) is 10.5. The molecule has 0 aliphatic carbocycles. The summed E-state index contributed by atoms with van der Waals surface area (Å²) in [5, 5.41) is 12.2. The van der Waals surface area contributed by atoms with Gasteiger partial charge in [0.25, 0.3) is 0 Å². The number of ether oxygens (including phenoxy) is 4. The zero-order valence-corrected chi connectivity index (χ0v) is 20.9. The SMILES string of the molecule is COc1cc(C(=O)CSc2nnc(Nc3ccc(Oc4ccccc4)cc3)s2)cc(OC)c1OC. The third kappa shape index (κ3) is 6.23. The molecule has 0 bridgehead atoms. The van der Waals surface area contributed by atoms with Gasteiger partial charge in [-0.25, -0.2) is 0 Å². The van der Waals surface area contributed by atoms with E-state index in [1.54, 1.807) is 12.1 Å². The number of anilines is 2. The molecule has 0 radical (unpaired) electrons. The molecule has 0 atom stereocenters. The van der Waals surface area contributed by atoms with Crippen molar-refractivity contribution in [2.75, 3.05) is 32.4 Å². The first-order valence-corrected chi connectivity index (χ1v) is 12.3. The third-order valence-corrected chi connectivity index (χ3v) is 6.78. The molecule has 1 heterocycles. The lowest BCUT2D eigenvalue weighted by atomic mass is 10.1. The Morgan fingerprint density at radius 1 is 0.886 bits per heavy atom. The maximum atomic E-state index is 12.8. The predicted octanol–water partition coefficient (Wildman–Crippen LogP) is 6.07. The van der Waals surface area contributed by atoms with Crippen LogP contribution in [0.2, 0.25) is 0 Å². The van der Waals surface area contributed by atoms with Gasteiger partial charge in [-0.1, -0.05) is 41.3 Å². The monoisotopic (exact) mass is 509 g/mol. The van der Waals surface area contributed by atoms with Crippen molar-refractivity contribution in [1.29, 1.82) is 0 Å². The zero-order chi connectivity index (χ0) is 24.6. The van der Waals surface area contributed by atoms with E-state index in [2.05, 4.69) is 15.5 Å². The topological polar surface area (TPSA) is 91.8 Å².